The quantitative estimate of drug-likeness (QED) is 0.645. The highest BCUT2D eigenvalue weighted by molar-refractivity contribution is 4.74. The molecule has 0 aromatic carbocycles. The number of hydrogen-bond donors (Lipinski definition) is 2. The SMILES string of the molecule is CCCNCC1CCN(CC(C)CO)CC1. The number of aliphatic hydroxyl groups is 1. The molecule has 1 saturated heterocycles. The van der Waals surface area contributed by atoms with Gasteiger partial charge < -0.3 is 15.3 Å². The Hall–Kier alpha value is -0.120. The normalized spacial score (nSPS) is 21.2. The van der Waals surface area contributed by atoms with Gasteiger partial charge in [0.2, 0.25) is 0 Å². The molecule has 1 fully saturated rings. The molecule has 0 radical (unpaired) electrons. The van der Waals surface area contributed by atoms with E-state index in [1.807, 2.05) is 0 Å². The molecule has 0 aliphatic carbocycles. The number of rotatable bonds is 7. The first-order valence-corrected chi connectivity index (χ1v) is 6.80. The lowest BCUT2D eigenvalue weighted by atomic mass is 9.96. The van der Waals surface area contributed by atoms with Crippen molar-refractivity contribution < 1.29 is 5.11 Å². The maximum Gasteiger partial charge on any atom is 0.0468 e. The lowest BCUT2D eigenvalue weighted by molar-refractivity contribution is 0.134. The van der Waals surface area contributed by atoms with Gasteiger partial charge in [-0.1, -0.05) is 13.8 Å². The van der Waals surface area contributed by atoms with E-state index in [1.54, 1.807) is 0 Å². The summed E-state index contributed by atoms with van der Waals surface area (Å²) in [5.74, 6) is 1.29. The van der Waals surface area contributed by atoms with E-state index in [-0.39, 0.29) is 0 Å². The van der Waals surface area contributed by atoms with Crippen LogP contribution in [0.1, 0.15) is 33.1 Å². The van der Waals surface area contributed by atoms with Gasteiger partial charge in [-0.05, 0) is 57.3 Å². The number of piperidine rings is 1. The number of hydrogen-bond acceptors (Lipinski definition) is 3. The summed E-state index contributed by atoms with van der Waals surface area (Å²) in [6, 6.07) is 0. The third-order valence-electron chi connectivity index (χ3n) is 3.45. The Bertz CT molecular complexity index is 167. The van der Waals surface area contributed by atoms with Gasteiger partial charge in [0, 0.05) is 13.2 Å². The molecule has 0 aromatic rings. The third-order valence-corrected chi connectivity index (χ3v) is 3.45. The minimum atomic E-state index is 0.317. The van der Waals surface area contributed by atoms with Crippen LogP contribution in [0.4, 0.5) is 0 Å². The van der Waals surface area contributed by atoms with Crippen LogP contribution in [-0.4, -0.2) is 49.3 Å². The summed E-state index contributed by atoms with van der Waals surface area (Å²) in [7, 11) is 0. The van der Waals surface area contributed by atoms with Crippen LogP contribution in [-0.2, 0) is 0 Å². The largest absolute Gasteiger partial charge is 0.396 e. The summed E-state index contributed by atoms with van der Waals surface area (Å²) in [6.45, 7) is 10.5. The molecule has 3 heteroatoms. The Morgan fingerprint density at radius 1 is 1.38 bits per heavy atom. The second-order valence-corrected chi connectivity index (χ2v) is 5.24. The molecular formula is C13H28N2O. The molecule has 0 bridgehead atoms. The predicted octanol–water partition coefficient (Wildman–Crippen LogP) is 1.33. The molecule has 1 atom stereocenters. The van der Waals surface area contributed by atoms with Crippen LogP contribution in [0.25, 0.3) is 0 Å². The lowest BCUT2D eigenvalue weighted by Gasteiger charge is -2.33. The van der Waals surface area contributed by atoms with Crippen molar-refractivity contribution in [2.45, 2.75) is 33.1 Å². The number of likely N-dealkylation sites (tertiary alicyclic amines) is 1. The van der Waals surface area contributed by atoms with E-state index >= 15 is 0 Å². The van der Waals surface area contributed by atoms with Crippen LogP contribution in [0.2, 0.25) is 0 Å². The zero-order valence-corrected chi connectivity index (χ0v) is 10.9. The van der Waals surface area contributed by atoms with E-state index in [2.05, 4.69) is 24.1 Å². The Labute approximate surface area is 100 Å². The molecule has 0 amide bonds. The Morgan fingerprint density at radius 3 is 2.62 bits per heavy atom. The second kappa shape index (κ2) is 8.04. The molecule has 0 saturated carbocycles. The van der Waals surface area contributed by atoms with E-state index in [4.69, 9.17) is 5.11 Å². The van der Waals surface area contributed by atoms with Gasteiger partial charge in [-0.25, -0.2) is 0 Å². The first-order chi connectivity index (χ1) is 7.76. The maximum atomic E-state index is 9.02. The van der Waals surface area contributed by atoms with Gasteiger partial charge in [-0.2, -0.15) is 0 Å². The van der Waals surface area contributed by atoms with Gasteiger partial charge >= 0.3 is 0 Å². The highest BCUT2D eigenvalue weighted by Gasteiger charge is 2.19. The van der Waals surface area contributed by atoms with Crippen molar-refractivity contribution in [2.24, 2.45) is 11.8 Å². The topological polar surface area (TPSA) is 35.5 Å². The van der Waals surface area contributed by atoms with Gasteiger partial charge in [0.25, 0.3) is 0 Å². The van der Waals surface area contributed by atoms with Crippen molar-refractivity contribution in [1.82, 2.24) is 10.2 Å². The molecule has 0 aromatic heterocycles. The molecule has 1 rings (SSSR count). The van der Waals surface area contributed by atoms with Crippen molar-refractivity contribution in [3.63, 3.8) is 0 Å². The molecule has 0 spiro atoms. The smallest absolute Gasteiger partial charge is 0.0468 e. The van der Waals surface area contributed by atoms with Gasteiger partial charge in [-0.3, -0.25) is 0 Å². The number of nitrogens with one attached hydrogen (secondary N) is 1. The third kappa shape index (κ3) is 5.28. The minimum Gasteiger partial charge on any atom is -0.396 e. The highest BCUT2D eigenvalue weighted by Crippen LogP contribution is 2.17. The van der Waals surface area contributed by atoms with E-state index in [0.717, 1.165) is 19.0 Å². The number of nitrogens with zero attached hydrogens (tertiary/aromatic N) is 1. The fourth-order valence-electron chi connectivity index (χ4n) is 2.35. The average Bonchev–Trinajstić information content (AvgIpc) is 2.31. The fraction of sp³-hybridized carbons (Fsp3) is 1.00. The molecule has 2 N–H and O–H groups in total. The van der Waals surface area contributed by atoms with Crippen molar-refractivity contribution in [3.8, 4) is 0 Å². The zero-order valence-electron chi connectivity index (χ0n) is 10.9. The summed E-state index contributed by atoms with van der Waals surface area (Å²) in [6.07, 6.45) is 3.86. The van der Waals surface area contributed by atoms with Crippen molar-refractivity contribution >= 4 is 0 Å². The van der Waals surface area contributed by atoms with E-state index in [0.29, 0.717) is 12.5 Å². The molecule has 1 aliphatic heterocycles. The van der Waals surface area contributed by atoms with Crippen molar-refractivity contribution in [1.29, 1.82) is 0 Å². The van der Waals surface area contributed by atoms with Gasteiger partial charge in [0.15, 0.2) is 0 Å². The molecule has 1 unspecified atom stereocenters. The minimum absolute atomic E-state index is 0.317. The fourth-order valence-corrected chi connectivity index (χ4v) is 2.35. The molecule has 16 heavy (non-hydrogen) atoms. The highest BCUT2D eigenvalue weighted by atomic mass is 16.3. The Morgan fingerprint density at radius 2 is 2.06 bits per heavy atom. The first kappa shape index (κ1) is 13.9. The summed E-state index contributed by atoms with van der Waals surface area (Å²) in [5, 5.41) is 12.5. The van der Waals surface area contributed by atoms with Crippen LogP contribution < -0.4 is 5.32 Å². The summed E-state index contributed by atoms with van der Waals surface area (Å²) >= 11 is 0. The second-order valence-electron chi connectivity index (χ2n) is 5.24. The van der Waals surface area contributed by atoms with Crippen molar-refractivity contribution in [2.75, 3.05) is 39.3 Å². The van der Waals surface area contributed by atoms with Crippen LogP contribution >= 0.6 is 0 Å². The Kier molecular flexibility index (Phi) is 7.01. The van der Waals surface area contributed by atoms with E-state index in [1.165, 1.54) is 38.9 Å². The predicted molar refractivity (Wildman–Crippen MR) is 68.6 cm³/mol. The van der Waals surface area contributed by atoms with Crippen LogP contribution in [0, 0.1) is 11.8 Å². The monoisotopic (exact) mass is 228 g/mol. The lowest BCUT2D eigenvalue weighted by Crippen LogP contribution is -2.39. The van der Waals surface area contributed by atoms with Crippen LogP contribution in [0.15, 0.2) is 0 Å². The van der Waals surface area contributed by atoms with Gasteiger partial charge in [0.05, 0.1) is 0 Å². The maximum absolute atomic E-state index is 9.02. The summed E-state index contributed by atoms with van der Waals surface area (Å²) in [4.78, 5) is 2.50. The molecular weight excluding hydrogens is 200 g/mol. The average molecular weight is 228 g/mol. The molecule has 96 valence electrons. The van der Waals surface area contributed by atoms with E-state index < -0.39 is 0 Å². The molecule has 1 heterocycles. The summed E-state index contributed by atoms with van der Waals surface area (Å²) < 4.78 is 0. The standard InChI is InChI=1S/C13H28N2O/c1-3-6-14-9-13-4-7-15(8-5-13)10-12(2)11-16/h12-14,16H,3-11H2,1-2H3. The zero-order chi connectivity index (χ0) is 11.8. The van der Waals surface area contributed by atoms with Crippen molar-refractivity contribution in [3.05, 3.63) is 0 Å². The Balaban J connectivity index is 2.08. The molecule has 3 nitrogen and oxygen atoms in total. The van der Waals surface area contributed by atoms with Gasteiger partial charge in [0.1, 0.15) is 0 Å². The van der Waals surface area contributed by atoms with Crippen LogP contribution in [0.5, 0.6) is 0 Å². The first-order valence-electron chi connectivity index (χ1n) is 6.80. The molecule has 1 aliphatic rings. The number of aliphatic hydroxyl groups excluding tert-OH is 1. The summed E-state index contributed by atoms with van der Waals surface area (Å²) in [5.41, 5.74) is 0. The van der Waals surface area contributed by atoms with E-state index in [9.17, 15) is 0 Å². The van der Waals surface area contributed by atoms with Gasteiger partial charge in [-0.15, -0.1) is 0 Å². The van der Waals surface area contributed by atoms with Crippen LogP contribution in [0.3, 0.4) is 0 Å².